The molecule has 1 rings (SSSR count). The van der Waals surface area contributed by atoms with Crippen LogP contribution in [0.25, 0.3) is 0 Å². The molecule has 1 aliphatic carbocycles. The lowest BCUT2D eigenvalue weighted by molar-refractivity contribution is -0.136. The summed E-state index contributed by atoms with van der Waals surface area (Å²) >= 11 is 0. The van der Waals surface area contributed by atoms with Gasteiger partial charge in [-0.1, -0.05) is 6.08 Å². The summed E-state index contributed by atoms with van der Waals surface area (Å²) in [5.41, 5.74) is 0.729. The van der Waals surface area contributed by atoms with Gasteiger partial charge in [-0.15, -0.1) is 0 Å². The number of rotatable bonds is 4. The maximum atomic E-state index is 11.8. The molecule has 0 aromatic rings. The standard InChI is InChI=1S/C10H13F3O/c11-10(12,13)7-3-6-9(14)8-4-1-2-5-8/h4H,1-3,5-7H2. The Hall–Kier alpha value is -0.800. The Balaban J connectivity index is 2.22. The van der Waals surface area contributed by atoms with Crippen LogP contribution in [0, 0.1) is 0 Å². The number of halogens is 3. The van der Waals surface area contributed by atoms with Crippen LogP contribution in [0.15, 0.2) is 11.6 Å². The second-order valence-electron chi connectivity index (χ2n) is 3.51. The summed E-state index contributed by atoms with van der Waals surface area (Å²) in [5, 5.41) is 0. The number of alkyl halides is 3. The number of Topliss-reactive ketones (excluding diaryl/α,β-unsaturated/α-hetero) is 1. The van der Waals surface area contributed by atoms with Gasteiger partial charge in [-0.05, 0) is 31.3 Å². The molecule has 1 nitrogen and oxygen atoms in total. The van der Waals surface area contributed by atoms with E-state index in [2.05, 4.69) is 0 Å². The first kappa shape index (κ1) is 11.3. The topological polar surface area (TPSA) is 17.1 Å². The Morgan fingerprint density at radius 3 is 2.64 bits per heavy atom. The molecule has 0 spiro atoms. The van der Waals surface area contributed by atoms with Gasteiger partial charge in [0, 0.05) is 12.8 Å². The molecule has 0 saturated carbocycles. The molecule has 0 fully saturated rings. The average Bonchev–Trinajstić information content (AvgIpc) is 2.53. The van der Waals surface area contributed by atoms with Gasteiger partial charge < -0.3 is 0 Å². The summed E-state index contributed by atoms with van der Waals surface area (Å²) in [6.07, 6.45) is -0.608. The van der Waals surface area contributed by atoms with Gasteiger partial charge in [-0.25, -0.2) is 0 Å². The van der Waals surface area contributed by atoms with Gasteiger partial charge in [0.1, 0.15) is 0 Å². The van der Waals surface area contributed by atoms with Crippen molar-refractivity contribution in [2.75, 3.05) is 0 Å². The van der Waals surface area contributed by atoms with Crippen molar-refractivity contribution in [3.8, 4) is 0 Å². The van der Waals surface area contributed by atoms with Crippen LogP contribution in [0.1, 0.15) is 38.5 Å². The predicted octanol–water partition coefficient (Wildman–Crippen LogP) is 3.40. The summed E-state index contributed by atoms with van der Waals surface area (Å²) in [7, 11) is 0. The summed E-state index contributed by atoms with van der Waals surface area (Å²) in [6.45, 7) is 0. The molecule has 0 aromatic heterocycles. The van der Waals surface area contributed by atoms with Crippen LogP contribution in [-0.2, 0) is 4.79 Å². The molecule has 0 aromatic carbocycles. The van der Waals surface area contributed by atoms with Gasteiger partial charge in [0.2, 0.25) is 0 Å². The normalized spacial score (nSPS) is 16.9. The van der Waals surface area contributed by atoms with E-state index in [1.807, 2.05) is 6.08 Å². The van der Waals surface area contributed by atoms with Gasteiger partial charge in [-0.2, -0.15) is 13.2 Å². The predicted molar refractivity (Wildman–Crippen MR) is 46.8 cm³/mol. The first-order valence-corrected chi connectivity index (χ1v) is 4.78. The van der Waals surface area contributed by atoms with Gasteiger partial charge in [0.15, 0.2) is 5.78 Å². The van der Waals surface area contributed by atoms with Crippen LogP contribution in [0.3, 0.4) is 0 Å². The van der Waals surface area contributed by atoms with E-state index in [0.717, 1.165) is 24.8 Å². The summed E-state index contributed by atoms with van der Waals surface area (Å²) in [5.74, 6) is -0.105. The number of allylic oxidation sites excluding steroid dienone is 2. The molecule has 0 unspecified atom stereocenters. The van der Waals surface area contributed by atoms with E-state index < -0.39 is 12.6 Å². The van der Waals surface area contributed by atoms with E-state index in [1.165, 1.54) is 0 Å². The minimum Gasteiger partial charge on any atom is -0.295 e. The number of hydrogen-bond acceptors (Lipinski definition) is 1. The van der Waals surface area contributed by atoms with Crippen molar-refractivity contribution in [2.24, 2.45) is 0 Å². The Kier molecular flexibility index (Phi) is 3.72. The van der Waals surface area contributed by atoms with E-state index in [1.54, 1.807) is 0 Å². The average molecular weight is 206 g/mol. The fraction of sp³-hybridized carbons (Fsp3) is 0.700. The monoisotopic (exact) mass is 206 g/mol. The molecule has 1 aliphatic rings. The van der Waals surface area contributed by atoms with Crippen LogP contribution < -0.4 is 0 Å². The largest absolute Gasteiger partial charge is 0.389 e. The molecule has 0 N–H and O–H groups in total. The lowest BCUT2D eigenvalue weighted by atomic mass is 10.1. The molecule has 0 radical (unpaired) electrons. The first-order chi connectivity index (χ1) is 6.49. The lowest BCUT2D eigenvalue weighted by Gasteiger charge is -2.05. The first-order valence-electron chi connectivity index (χ1n) is 4.78. The van der Waals surface area contributed by atoms with E-state index in [4.69, 9.17) is 0 Å². The zero-order chi connectivity index (χ0) is 10.6. The van der Waals surface area contributed by atoms with Crippen molar-refractivity contribution in [2.45, 2.75) is 44.7 Å². The van der Waals surface area contributed by atoms with Crippen LogP contribution in [0.2, 0.25) is 0 Å². The highest BCUT2D eigenvalue weighted by Gasteiger charge is 2.26. The van der Waals surface area contributed by atoms with Crippen LogP contribution in [-0.4, -0.2) is 12.0 Å². The quantitative estimate of drug-likeness (QED) is 0.689. The Morgan fingerprint density at radius 1 is 1.43 bits per heavy atom. The van der Waals surface area contributed by atoms with Crippen LogP contribution >= 0.6 is 0 Å². The molecule has 0 heterocycles. The van der Waals surface area contributed by atoms with E-state index in [0.29, 0.717) is 0 Å². The molecule has 0 amide bonds. The SMILES string of the molecule is O=C(CCCC(F)(F)F)C1=CCCC1. The van der Waals surface area contributed by atoms with Crippen molar-refractivity contribution < 1.29 is 18.0 Å². The molecule has 0 bridgehead atoms. The molecule has 0 aliphatic heterocycles. The Bertz CT molecular complexity index is 240. The third kappa shape index (κ3) is 3.94. The Morgan fingerprint density at radius 2 is 2.14 bits per heavy atom. The highest BCUT2D eigenvalue weighted by molar-refractivity contribution is 5.95. The third-order valence-electron chi connectivity index (χ3n) is 2.26. The fourth-order valence-electron chi connectivity index (χ4n) is 1.53. The number of carbonyl (C=O) groups is 1. The van der Waals surface area contributed by atoms with Crippen molar-refractivity contribution in [3.05, 3.63) is 11.6 Å². The number of ketones is 1. The molecule has 80 valence electrons. The summed E-state index contributed by atoms with van der Waals surface area (Å²) < 4.78 is 35.3. The van der Waals surface area contributed by atoms with Gasteiger partial charge in [0.05, 0.1) is 0 Å². The van der Waals surface area contributed by atoms with Gasteiger partial charge in [0.25, 0.3) is 0 Å². The zero-order valence-corrected chi connectivity index (χ0v) is 7.86. The van der Waals surface area contributed by atoms with Gasteiger partial charge >= 0.3 is 6.18 Å². The highest BCUT2D eigenvalue weighted by atomic mass is 19.4. The zero-order valence-electron chi connectivity index (χ0n) is 7.86. The lowest BCUT2D eigenvalue weighted by Crippen LogP contribution is -2.09. The molecule has 14 heavy (non-hydrogen) atoms. The van der Waals surface area contributed by atoms with E-state index >= 15 is 0 Å². The summed E-state index contributed by atoms with van der Waals surface area (Å²) in [6, 6.07) is 0. The highest BCUT2D eigenvalue weighted by Crippen LogP contribution is 2.24. The second-order valence-corrected chi connectivity index (χ2v) is 3.51. The minimum absolute atomic E-state index is 0.0331. The molecule has 0 saturated heterocycles. The molecular formula is C10H13F3O. The maximum absolute atomic E-state index is 11.8. The van der Waals surface area contributed by atoms with Crippen LogP contribution in [0.4, 0.5) is 13.2 Å². The van der Waals surface area contributed by atoms with Crippen LogP contribution in [0.5, 0.6) is 0 Å². The summed E-state index contributed by atoms with van der Waals surface area (Å²) in [4.78, 5) is 11.3. The number of hydrogen-bond donors (Lipinski definition) is 0. The van der Waals surface area contributed by atoms with E-state index in [-0.39, 0.29) is 18.6 Å². The van der Waals surface area contributed by atoms with Crippen molar-refractivity contribution in [1.82, 2.24) is 0 Å². The maximum Gasteiger partial charge on any atom is 0.389 e. The van der Waals surface area contributed by atoms with Gasteiger partial charge in [-0.3, -0.25) is 4.79 Å². The Labute approximate surface area is 81.0 Å². The molecule has 4 heteroatoms. The molecular weight excluding hydrogens is 193 g/mol. The third-order valence-corrected chi connectivity index (χ3v) is 2.26. The number of carbonyl (C=O) groups excluding carboxylic acids is 1. The van der Waals surface area contributed by atoms with Crippen molar-refractivity contribution in [1.29, 1.82) is 0 Å². The van der Waals surface area contributed by atoms with Crippen molar-refractivity contribution in [3.63, 3.8) is 0 Å². The fourth-order valence-corrected chi connectivity index (χ4v) is 1.53. The smallest absolute Gasteiger partial charge is 0.295 e. The minimum atomic E-state index is -4.13. The van der Waals surface area contributed by atoms with Crippen molar-refractivity contribution >= 4 is 5.78 Å². The molecule has 0 atom stereocenters. The van der Waals surface area contributed by atoms with E-state index in [9.17, 15) is 18.0 Å². The second kappa shape index (κ2) is 4.62.